The Morgan fingerprint density at radius 1 is 1.15 bits per heavy atom. The van der Waals surface area contributed by atoms with Crippen LogP contribution in [0.15, 0.2) is 47.4 Å². The third-order valence-electron chi connectivity index (χ3n) is 6.12. The van der Waals surface area contributed by atoms with Gasteiger partial charge in [-0.05, 0) is 47.9 Å². The lowest BCUT2D eigenvalue weighted by molar-refractivity contribution is 0.186. The Balaban J connectivity index is 1.40. The van der Waals surface area contributed by atoms with Crippen LogP contribution in [-0.4, -0.2) is 43.4 Å². The Labute approximate surface area is 160 Å². The lowest BCUT2D eigenvalue weighted by atomic mass is 9.89. The average Bonchev–Trinajstić information content (AvgIpc) is 2.84. The van der Waals surface area contributed by atoms with E-state index >= 15 is 0 Å². The van der Waals surface area contributed by atoms with Gasteiger partial charge in [0.05, 0.1) is 12.8 Å². The van der Waals surface area contributed by atoms with Gasteiger partial charge in [-0.1, -0.05) is 24.3 Å². The summed E-state index contributed by atoms with van der Waals surface area (Å²) in [7, 11) is 1.74. The zero-order valence-electron chi connectivity index (χ0n) is 15.4. The molecule has 1 fully saturated rings. The highest BCUT2D eigenvalue weighted by molar-refractivity contribution is 7.99. The lowest BCUT2D eigenvalue weighted by Gasteiger charge is -2.39. The van der Waals surface area contributed by atoms with Gasteiger partial charge >= 0.3 is 0 Å². The molecule has 3 nitrogen and oxygen atoms in total. The summed E-state index contributed by atoms with van der Waals surface area (Å²) in [6, 6.07) is 16.2. The fourth-order valence-electron chi connectivity index (χ4n) is 4.98. The minimum Gasteiger partial charge on any atom is -0.497 e. The second kappa shape index (κ2) is 6.82. The van der Waals surface area contributed by atoms with E-state index in [9.17, 15) is 0 Å². The Morgan fingerprint density at radius 3 is 3.00 bits per heavy atom. The molecule has 3 heterocycles. The van der Waals surface area contributed by atoms with Gasteiger partial charge in [0.1, 0.15) is 5.75 Å². The van der Waals surface area contributed by atoms with Crippen molar-refractivity contribution in [3.8, 4) is 5.75 Å². The normalized spacial score (nSPS) is 24.7. The maximum absolute atomic E-state index is 5.39. The van der Waals surface area contributed by atoms with Gasteiger partial charge in [0.2, 0.25) is 0 Å². The molecule has 0 amide bonds. The Kier molecular flexibility index (Phi) is 4.33. The molecule has 4 heteroatoms. The second-order valence-electron chi connectivity index (χ2n) is 7.64. The van der Waals surface area contributed by atoms with Gasteiger partial charge < -0.3 is 9.64 Å². The molecule has 1 saturated heterocycles. The molecule has 26 heavy (non-hydrogen) atoms. The van der Waals surface area contributed by atoms with Gasteiger partial charge in [0, 0.05) is 43.0 Å². The molecule has 0 N–H and O–H groups in total. The number of anilines is 1. The van der Waals surface area contributed by atoms with E-state index in [0.29, 0.717) is 12.0 Å². The molecule has 3 aliphatic rings. The summed E-state index contributed by atoms with van der Waals surface area (Å²) < 4.78 is 5.39. The summed E-state index contributed by atoms with van der Waals surface area (Å²) in [5.41, 5.74) is 4.51. The highest BCUT2D eigenvalue weighted by atomic mass is 32.2. The average molecular weight is 367 g/mol. The number of ether oxygens (including phenoxy) is 1. The van der Waals surface area contributed by atoms with E-state index in [0.717, 1.165) is 12.3 Å². The third kappa shape index (κ3) is 2.80. The summed E-state index contributed by atoms with van der Waals surface area (Å²) in [5, 5.41) is 0. The second-order valence-corrected chi connectivity index (χ2v) is 8.78. The number of methoxy groups -OCH3 is 1. The van der Waals surface area contributed by atoms with Crippen molar-refractivity contribution in [1.29, 1.82) is 0 Å². The van der Waals surface area contributed by atoms with E-state index in [4.69, 9.17) is 4.74 Å². The summed E-state index contributed by atoms with van der Waals surface area (Å²) in [4.78, 5) is 6.89. The van der Waals surface area contributed by atoms with E-state index < -0.39 is 0 Å². The molecule has 0 unspecified atom stereocenters. The van der Waals surface area contributed by atoms with Crippen LogP contribution in [0, 0.1) is 0 Å². The number of hydrogen-bond acceptors (Lipinski definition) is 4. The third-order valence-corrected chi connectivity index (χ3v) is 7.25. The van der Waals surface area contributed by atoms with Gasteiger partial charge in [-0.15, -0.1) is 11.8 Å². The van der Waals surface area contributed by atoms with Crippen molar-refractivity contribution in [1.82, 2.24) is 4.90 Å². The van der Waals surface area contributed by atoms with Gasteiger partial charge in [-0.3, -0.25) is 4.90 Å². The zero-order chi connectivity index (χ0) is 17.5. The molecule has 0 bridgehead atoms. The van der Waals surface area contributed by atoms with E-state index in [1.807, 2.05) is 6.07 Å². The number of thioether (sulfide) groups is 1. The Hall–Kier alpha value is -1.65. The monoisotopic (exact) mass is 366 g/mol. The molecule has 2 aromatic rings. The van der Waals surface area contributed by atoms with E-state index in [1.165, 1.54) is 48.7 Å². The molecule has 3 aliphatic heterocycles. The molecular weight excluding hydrogens is 340 g/mol. The van der Waals surface area contributed by atoms with Crippen LogP contribution in [0.3, 0.4) is 0 Å². The van der Waals surface area contributed by atoms with Crippen LogP contribution in [0.5, 0.6) is 5.75 Å². The number of hydrogen-bond donors (Lipinski definition) is 0. The number of rotatable bonds is 3. The predicted molar refractivity (Wildman–Crippen MR) is 109 cm³/mol. The molecule has 136 valence electrons. The zero-order valence-corrected chi connectivity index (χ0v) is 16.2. The summed E-state index contributed by atoms with van der Waals surface area (Å²) >= 11 is 2.05. The van der Waals surface area contributed by atoms with E-state index in [2.05, 4.69) is 58.0 Å². The highest BCUT2D eigenvalue weighted by Gasteiger charge is 2.43. The molecule has 0 radical (unpaired) electrons. The first-order chi connectivity index (χ1) is 12.8. The molecule has 0 aliphatic carbocycles. The topological polar surface area (TPSA) is 15.7 Å². The lowest BCUT2D eigenvalue weighted by Crippen LogP contribution is -2.46. The van der Waals surface area contributed by atoms with Crippen molar-refractivity contribution in [3.05, 3.63) is 53.6 Å². The highest BCUT2D eigenvalue weighted by Crippen LogP contribution is 2.50. The fourth-order valence-corrected chi connectivity index (χ4v) is 6.02. The first-order valence-corrected chi connectivity index (χ1v) is 10.7. The van der Waals surface area contributed by atoms with Crippen LogP contribution >= 0.6 is 11.8 Å². The molecular formula is C22H26N2OS. The summed E-state index contributed by atoms with van der Waals surface area (Å²) in [6.45, 7) is 4.60. The van der Waals surface area contributed by atoms with Gasteiger partial charge in [0.15, 0.2) is 0 Å². The van der Waals surface area contributed by atoms with Gasteiger partial charge in [-0.2, -0.15) is 0 Å². The van der Waals surface area contributed by atoms with Crippen LogP contribution in [0.25, 0.3) is 0 Å². The van der Waals surface area contributed by atoms with Crippen molar-refractivity contribution in [2.45, 2.75) is 36.2 Å². The number of likely N-dealkylation sites (tertiary alicyclic amines) is 1. The quantitative estimate of drug-likeness (QED) is 0.801. The van der Waals surface area contributed by atoms with Crippen molar-refractivity contribution in [3.63, 3.8) is 0 Å². The van der Waals surface area contributed by atoms with Crippen LogP contribution in [-0.2, 0) is 6.54 Å². The van der Waals surface area contributed by atoms with Crippen LogP contribution < -0.4 is 9.64 Å². The number of nitrogens with zero attached hydrogens (tertiary/aromatic N) is 2. The maximum Gasteiger partial charge on any atom is 0.119 e. The van der Waals surface area contributed by atoms with Gasteiger partial charge in [0.25, 0.3) is 0 Å². The summed E-state index contributed by atoms with van der Waals surface area (Å²) in [6.07, 6.45) is 2.57. The van der Waals surface area contributed by atoms with Crippen LogP contribution in [0.1, 0.15) is 29.9 Å². The van der Waals surface area contributed by atoms with E-state index in [-0.39, 0.29) is 0 Å². The molecule has 2 aromatic carbocycles. The molecule has 0 saturated carbocycles. The van der Waals surface area contributed by atoms with Crippen LogP contribution in [0.2, 0.25) is 0 Å². The largest absolute Gasteiger partial charge is 0.497 e. The number of benzene rings is 2. The van der Waals surface area contributed by atoms with Gasteiger partial charge in [-0.25, -0.2) is 0 Å². The predicted octanol–water partition coefficient (Wildman–Crippen LogP) is 4.37. The van der Waals surface area contributed by atoms with Crippen molar-refractivity contribution in [2.75, 3.05) is 37.4 Å². The fraction of sp³-hybridized carbons (Fsp3) is 0.455. The number of para-hydroxylation sites is 1. The standard InChI is InChI=1S/C22H26N2OS/c1-25-17-6-2-5-16(13-17)14-23-11-9-20-19(15-23)18-7-3-8-21-22(18)24(20)10-4-12-26-21/h2-3,5-8,13,19-20H,4,9-12,14-15H2,1H3/t19-,20-/m1/s1. The summed E-state index contributed by atoms with van der Waals surface area (Å²) in [5.74, 6) is 2.87. The first-order valence-electron chi connectivity index (χ1n) is 9.71. The Bertz CT molecular complexity index is 808. The molecule has 2 atom stereocenters. The molecule has 0 spiro atoms. The minimum absolute atomic E-state index is 0.656. The minimum atomic E-state index is 0.656. The van der Waals surface area contributed by atoms with Crippen molar-refractivity contribution >= 4 is 17.4 Å². The van der Waals surface area contributed by atoms with E-state index in [1.54, 1.807) is 18.4 Å². The van der Waals surface area contributed by atoms with Crippen molar-refractivity contribution in [2.24, 2.45) is 0 Å². The number of piperidine rings is 1. The SMILES string of the molecule is COc1cccc(CN2CC[C@@H]3[C@H](C2)c2cccc4c2N3CCCS4)c1. The smallest absolute Gasteiger partial charge is 0.119 e. The molecule has 5 rings (SSSR count). The maximum atomic E-state index is 5.39. The molecule has 0 aromatic heterocycles. The number of fused-ring (bicyclic) bond motifs is 3. The Morgan fingerprint density at radius 2 is 2.08 bits per heavy atom. The van der Waals surface area contributed by atoms with Crippen LogP contribution in [0.4, 0.5) is 5.69 Å². The van der Waals surface area contributed by atoms with Crippen molar-refractivity contribution < 1.29 is 4.74 Å². The first kappa shape index (κ1) is 16.5.